The zero-order valence-electron chi connectivity index (χ0n) is 24.4. The molecule has 0 unspecified atom stereocenters. The maximum atomic E-state index is 13.2. The SMILES string of the molecule is COc1ccc2c(c1)C(c1ccc(Cl)cc1)=N[C@@H](CC(=O)NCCNC(=O)c1cc3cc(B(O)O)ccc3[nH]1)c1nnc(C)n1-2. The van der Waals surface area contributed by atoms with Gasteiger partial charge in [-0.2, -0.15) is 0 Å². The summed E-state index contributed by atoms with van der Waals surface area (Å²) in [7, 11) is -0.000279. The Hall–Kier alpha value is -4.98. The summed E-state index contributed by atoms with van der Waals surface area (Å²) in [6.07, 6.45) is -0.00461. The van der Waals surface area contributed by atoms with E-state index in [0.717, 1.165) is 16.8 Å². The summed E-state index contributed by atoms with van der Waals surface area (Å²) in [4.78, 5) is 34.0. The van der Waals surface area contributed by atoms with Gasteiger partial charge in [-0.1, -0.05) is 35.9 Å². The van der Waals surface area contributed by atoms with E-state index >= 15 is 0 Å². The molecule has 0 saturated carbocycles. The van der Waals surface area contributed by atoms with Crippen LogP contribution in [0.4, 0.5) is 0 Å². The van der Waals surface area contributed by atoms with E-state index in [2.05, 4.69) is 25.8 Å². The highest BCUT2D eigenvalue weighted by Gasteiger charge is 2.30. The molecule has 2 aromatic heterocycles. The van der Waals surface area contributed by atoms with Gasteiger partial charge in [0.2, 0.25) is 5.91 Å². The van der Waals surface area contributed by atoms with Crippen LogP contribution in [-0.4, -0.2) is 74.6 Å². The monoisotopic (exact) mass is 625 g/mol. The van der Waals surface area contributed by atoms with Gasteiger partial charge in [0.05, 0.1) is 24.9 Å². The van der Waals surface area contributed by atoms with Crippen LogP contribution in [-0.2, 0) is 4.79 Å². The third kappa shape index (κ3) is 6.18. The van der Waals surface area contributed by atoms with Gasteiger partial charge in [0, 0.05) is 34.8 Å². The lowest BCUT2D eigenvalue weighted by Crippen LogP contribution is -2.35. The number of carbonyl (C=O) groups is 2. The van der Waals surface area contributed by atoms with Crippen LogP contribution in [0.2, 0.25) is 5.02 Å². The van der Waals surface area contributed by atoms with Crippen molar-refractivity contribution >= 4 is 52.6 Å². The molecule has 0 radical (unpaired) electrons. The smallest absolute Gasteiger partial charge is 0.488 e. The lowest BCUT2D eigenvalue weighted by atomic mass is 9.80. The van der Waals surface area contributed by atoms with Gasteiger partial charge in [0.25, 0.3) is 5.91 Å². The Bertz CT molecular complexity index is 1940. The maximum absolute atomic E-state index is 13.2. The molecular formula is C31H29BClN7O5. The van der Waals surface area contributed by atoms with Gasteiger partial charge in [-0.15, -0.1) is 10.2 Å². The van der Waals surface area contributed by atoms with E-state index in [1.807, 2.05) is 41.8 Å². The molecule has 3 aromatic carbocycles. The normalized spacial score (nSPS) is 13.8. The predicted octanol–water partition coefficient (Wildman–Crippen LogP) is 2.23. The van der Waals surface area contributed by atoms with Gasteiger partial charge < -0.3 is 30.4 Å². The fourth-order valence-corrected chi connectivity index (χ4v) is 5.46. The summed E-state index contributed by atoms with van der Waals surface area (Å²) < 4.78 is 7.42. The molecule has 5 aromatic rings. The first-order chi connectivity index (χ1) is 21.7. The second kappa shape index (κ2) is 12.6. The average molecular weight is 626 g/mol. The summed E-state index contributed by atoms with van der Waals surface area (Å²) >= 11 is 6.17. The molecule has 12 nitrogen and oxygen atoms in total. The molecule has 2 amide bonds. The summed E-state index contributed by atoms with van der Waals surface area (Å²) in [6, 6.07) is 18.8. The van der Waals surface area contributed by atoms with Crippen molar-refractivity contribution < 1.29 is 24.4 Å². The van der Waals surface area contributed by atoms with Crippen molar-refractivity contribution in [3.8, 4) is 11.4 Å². The minimum atomic E-state index is -1.60. The van der Waals surface area contributed by atoms with Crippen molar-refractivity contribution in [1.29, 1.82) is 0 Å². The molecule has 0 bridgehead atoms. The molecule has 6 rings (SSSR count). The Morgan fingerprint density at radius 2 is 1.80 bits per heavy atom. The van der Waals surface area contributed by atoms with Crippen LogP contribution in [0.25, 0.3) is 16.6 Å². The van der Waals surface area contributed by atoms with Crippen molar-refractivity contribution in [2.75, 3.05) is 20.2 Å². The van der Waals surface area contributed by atoms with E-state index < -0.39 is 13.2 Å². The number of ether oxygens (including phenoxy) is 1. The number of amides is 2. The van der Waals surface area contributed by atoms with E-state index in [0.29, 0.717) is 50.2 Å². The summed E-state index contributed by atoms with van der Waals surface area (Å²) in [5.41, 5.74) is 4.42. The maximum Gasteiger partial charge on any atom is 0.488 e. The molecule has 14 heteroatoms. The van der Waals surface area contributed by atoms with Crippen LogP contribution in [0.3, 0.4) is 0 Å². The van der Waals surface area contributed by atoms with Crippen LogP contribution in [0.15, 0.2) is 71.7 Å². The summed E-state index contributed by atoms with van der Waals surface area (Å²) in [5.74, 6) is 1.20. The van der Waals surface area contributed by atoms with Gasteiger partial charge in [-0.05, 0) is 60.2 Å². The molecule has 1 atom stereocenters. The minimum Gasteiger partial charge on any atom is -0.497 e. The number of aromatic amines is 1. The number of methoxy groups -OCH3 is 1. The molecule has 0 spiro atoms. The quantitative estimate of drug-likeness (QED) is 0.124. The molecule has 3 heterocycles. The topological polar surface area (TPSA) is 167 Å². The van der Waals surface area contributed by atoms with Crippen molar-refractivity contribution in [3.63, 3.8) is 0 Å². The molecule has 228 valence electrons. The first-order valence-electron chi connectivity index (χ1n) is 14.2. The lowest BCUT2D eigenvalue weighted by Gasteiger charge is -2.14. The second-order valence-corrected chi connectivity index (χ2v) is 11.0. The third-order valence-corrected chi connectivity index (χ3v) is 7.80. The second-order valence-electron chi connectivity index (χ2n) is 10.5. The molecule has 45 heavy (non-hydrogen) atoms. The van der Waals surface area contributed by atoms with Gasteiger partial charge in [0.1, 0.15) is 23.3 Å². The zero-order chi connectivity index (χ0) is 31.7. The lowest BCUT2D eigenvalue weighted by molar-refractivity contribution is -0.121. The van der Waals surface area contributed by atoms with Gasteiger partial charge >= 0.3 is 7.12 Å². The summed E-state index contributed by atoms with van der Waals surface area (Å²) in [5, 5.41) is 34.4. The van der Waals surface area contributed by atoms with Crippen molar-refractivity contribution in [2.24, 2.45) is 4.99 Å². The van der Waals surface area contributed by atoms with Gasteiger partial charge in [-0.3, -0.25) is 19.1 Å². The molecular weight excluding hydrogens is 597 g/mol. The number of rotatable bonds is 9. The van der Waals surface area contributed by atoms with E-state index in [4.69, 9.17) is 21.3 Å². The number of benzene rings is 3. The number of nitrogens with one attached hydrogen (secondary N) is 3. The Balaban J connectivity index is 1.17. The number of nitrogens with zero attached hydrogens (tertiary/aromatic N) is 4. The van der Waals surface area contributed by atoms with Gasteiger partial charge in [0.15, 0.2) is 5.82 Å². The first kappa shape index (κ1) is 30.1. The molecule has 5 N–H and O–H groups in total. The number of carbonyl (C=O) groups excluding carboxylic acids is 2. The van der Waals surface area contributed by atoms with Crippen LogP contribution in [0, 0.1) is 6.92 Å². The third-order valence-electron chi connectivity index (χ3n) is 7.55. The number of aryl methyl sites for hydroxylation is 1. The van der Waals surface area contributed by atoms with E-state index in [-0.39, 0.29) is 31.3 Å². The summed E-state index contributed by atoms with van der Waals surface area (Å²) in [6.45, 7) is 2.22. The van der Waals surface area contributed by atoms with Crippen LogP contribution in [0.5, 0.6) is 5.75 Å². The highest BCUT2D eigenvalue weighted by molar-refractivity contribution is 6.58. The molecule has 1 aliphatic heterocycles. The minimum absolute atomic E-state index is 0.00461. The molecule has 0 saturated heterocycles. The largest absolute Gasteiger partial charge is 0.497 e. The standard InChI is InChI=1S/C31H29BClN7O5/c1-17-38-39-30-25(37-29(18-3-6-21(33)7-4-18)23-15-22(45-2)8-10-27(23)40(17)30)16-28(41)34-11-12-35-31(42)26-14-19-13-20(32(43)44)5-9-24(19)36-26/h3-10,13-15,25,36,43-44H,11-12,16H2,1-2H3,(H,34,41)(H,35,42)/t25-/m0/s1. The average Bonchev–Trinajstić information content (AvgIpc) is 3.61. The van der Waals surface area contributed by atoms with Crippen LogP contribution in [0.1, 0.15) is 45.7 Å². The fraction of sp³-hybridized carbons (Fsp3) is 0.194. The van der Waals surface area contributed by atoms with Crippen LogP contribution >= 0.6 is 11.6 Å². The Labute approximate surface area is 263 Å². The van der Waals surface area contributed by atoms with E-state index in [1.165, 1.54) is 0 Å². The number of hydrogen-bond donors (Lipinski definition) is 5. The first-order valence-corrected chi connectivity index (χ1v) is 14.6. The van der Waals surface area contributed by atoms with Crippen molar-refractivity contribution in [3.05, 3.63) is 100 Å². The number of H-pyrrole nitrogens is 1. The van der Waals surface area contributed by atoms with Crippen molar-refractivity contribution in [2.45, 2.75) is 19.4 Å². The Kier molecular flexibility index (Phi) is 8.39. The number of fused-ring (bicyclic) bond motifs is 4. The number of halogens is 1. The fourth-order valence-electron chi connectivity index (χ4n) is 5.33. The highest BCUT2D eigenvalue weighted by Crippen LogP contribution is 2.34. The molecule has 0 fully saturated rings. The number of aliphatic imine (C=N–C) groups is 1. The predicted molar refractivity (Wildman–Crippen MR) is 171 cm³/mol. The van der Waals surface area contributed by atoms with Gasteiger partial charge in [-0.25, -0.2) is 0 Å². The van der Waals surface area contributed by atoms with E-state index in [9.17, 15) is 19.6 Å². The Morgan fingerprint density at radius 1 is 1.02 bits per heavy atom. The van der Waals surface area contributed by atoms with E-state index in [1.54, 1.807) is 43.5 Å². The molecule has 0 aliphatic carbocycles. The Morgan fingerprint density at radius 3 is 2.56 bits per heavy atom. The number of hydrogen-bond acceptors (Lipinski definition) is 8. The number of aromatic nitrogens is 4. The zero-order valence-corrected chi connectivity index (χ0v) is 25.2. The van der Waals surface area contributed by atoms with Crippen molar-refractivity contribution in [1.82, 2.24) is 30.4 Å². The molecule has 1 aliphatic rings. The van der Waals surface area contributed by atoms with Crippen LogP contribution < -0.4 is 20.8 Å². The highest BCUT2D eigenvalue weighted by atomic mass is 35.5.